The van der Waals surface area contributed by atoms with Crippen molar-refractivity contribution < 1.29 is 24.1 Å². The molecule has 0 aromatic heterocycles. The lowest BCUT2D eigenvalue weighted by Crippen LogP contribution is -2.58. The van der Waals surface area contributed by atoms with E-state index in [9.17, 15) is 9.90 Å². The highest BCUT2D eigenvalue weighted by Gasteiger charge is 2.47. The second-order valence-electron chi connectivity index (χ2n) is 8.56. The molecule has 1 heterocycles. The van der Waals surface area contributed by atoms with E-state index in [2.05, 4.69) is 0 Å². The number of benzene rings is 2. The summed E-state index contributed by atoms with van der Waals surface area (Å²) in [6.07, 6.45) is -2.93. The first kappa shape index (κ1) is 22.8. The van der Waals surface area contributed by atoms with Gasteiger partial charge in [0.2, 0.25) is 0 Å². The van der Waals surface area contributed by atoms with Gasteiger partial charge in [0.15, 0.2) is 12.4 Å². The molecular formula is C24H30O5S. The van der Waals surface area contributed by atoms with E-state index in [1.54, 1.807) is 31.2 Å². The van der Waals surface area contributed by atoms with Crippen LogP contribution in [-0.4, -0.2) is 46.5 Å². The van der Waals surface area contributed by atoms with Gasteiger partial charge >= 0.3 is 5.97 Å². The summed E-state index contributed by atoms with van der Waals surface area (Å²) in [6, 6.07) is 16.8. The summed E-state index contributed by atoms with van der Waals surface area (Å²) in [6.45, 7) is 9.66. The van der Waals surface area contributed by atoms with Crippen LogP contribution < -0.4 is 0 Å². The van der Waals surface area contributed by atoms with E-state index < -0.39 is 41.4 Å². The number of ether oxygens (including phenoxy) is 3. The summed E-state index contributed by atoms with van der Waals surface area (Å²) in [5.41, 5.74) is 1.14. The zero-order valence-corrected chi connectivity index (χ0v) is 18.9. The average Bonchev–Trinajstić information content (AvgIpc) is 2.69. The van der Waals surface area contributed by atoms with Gasteiger partial charge in [0.25, 0.3) is 0 Å². The SMILES string of the molecule is Cc1ccc(S[C@H]2[C@H](OC(C)(C)C)O[C@H](C)[C@@H](OC(=O)c3ccccc3)[C@@H]2O)cc1. The molecule has 2 aromatic rings. The Bertz CT molecular complexity index is 831. The van der Waals surface area contributed by atoms with Crippen molar-refractivity contribution in [2.24, 2.45) is 0 Å². The topological polar surface area (TPSA) is 65.0 Å². The van der Waals surface area contributed by atoms with Crippen LogP contribution in [0.1, 0.15) is 43.6 Å². The standard InChI is InChI=1S/C24H30O5S/c1-15-11-13-18(14-12-15)30-21-19(25)20(16(2)27-23(21)29-24(3,4)5)28-22(26)17-9-7-6-8-10-17/h6-14,16,19-21,23,25H,1-5H3/t16-,19+,20-,21-,23+/m1/s1. The quantitative estimate of drug-likeness (QED) is 0.700. The molecule has 0 spiro atoms. The molecule has 0 bridgehead atoms. The van der Waals surface area contributed by atoms with Crippen LogP contribution in [0.2, 0.25) is 0 Å². The number of hydrogen-bond acceptors (Lipinski definition) is 6. The summed E-state index contributed by atoms with van der Waals surface area (Å²) in [7, 11) is 0. The molecule has 0 radical (unpaired) electrons. The van der Waals surface area contributed by atoms with Gasteiger partial charge in [0.1, 0.15) is 6.10 Å². The third-order valence-corrected chi connectivity index (χ3v) is 6.09. The maximum Gasteiger partial charge on any atom is 0.338 e. The van der Waals surface area contributed by atoms with Crippen LogP contribution in [-0.2, 0) is 14.2 Å². The number of thioether (sulfide) groups is 1. The van der Waals surface area contributed by atoms with Crippen LogP contribution in [0.3, 0.4) is 0 Å². The fourth-order valence-corrected chi connectivity index (χ4v) is 4.40. The minimum absolute atomic E-state index is 0.438. The molecule has 0 aliphatic carbocycles. The predicted octanol–water partition coefficient (Wildman–Crippen LogP) is 4.60. The first-order chi connectivity index (χ1) is 14.1. The number of rotatable bonds is 5. The normalized spacial score (nSPS) is 26.9. The van der Waals surface area contributed by atoms with E-state index in [1.807, 2.05) is 58.0 Å². The number of hydrogen-bond donors (Lipinski definition) is 1. The summed E-state index contributed by atoms with van der Waals surface area (Å²) in [4.78, 5) is 13.6. The number of carbonyl (C=O) groups excluding carboxylic acids is 1. The maximum absolute atomic E-state index is 12.6. The molecule has 1 saturated heterocycles. The lowest BCUT2D eigenvalue weighted by molar-refractivity contribution is -0.267. The Morgan fingerprint density at radius 2 is 1.70 bits per heavy atom. The maximum atomic E-state index is 12.6. The largest absolute Gasteiger partial charge is 0.453 e. The van der Waals surface area contributed by atoms with Gasteiger partial charge in [0, 0.05) is 4.90 Å². The van der Waals surface area contributed by atoms with Crippen molar-refractivity contribution in [2.45, 2.75) is 75.0 Å². The van der Waals surface area contributed by atoms with Crippen LogP contribution in [0.25, 0.3) is 0 Å². The van der Waals surface area contributed by atoms with E-state index >= 15 is 0 Å². The van der Waals surface area contributed by atoms with Crippen LogP contribution in [0.4, 0.5) is 0 Å². The van der Waals surface area contributed by atoms with Gasteiger partial charge in [0.05, 0.1) is 22.5 Å². The zero-order valence-electron chi connectivity index (χ0n) is 18.1. The van der Waals surface area contributed by atoms with E-state index in [0.29, 0.717) is 5.56 Å². The number of aliphatic hydroxyl groups is 1. The number of esters is 1. The minimum atomic E-state index is -0.958. The highest BCUT2D eigenvalue weighted by molar-refractivity contribution is 8.00. The van der Waals surface area contributed by atoms with Gasteiger partial charge in [-0.2, -0.15) is 0 Å². The Morgan fingerprint density at radius 1 is 1.07 bits per heavy atom. The molecule has 1 aliphatic rings. The van der Waals surface area contributed by atoms with Crippen molar-refractivity contribution >= 4 is 17.7 Å². The third kappa shape index (κ3) is 5.85. The Kier molecular flexibility index (Phi) is 7.24. The molecule has 30 heavy (non-hydrogen) atoms. The molecule has 6 heteroatoms. The van der Waals surface area contributed by atoms with Crippen LogP contribution in [0.5, 0.6) is 0 Å². The smallest absolute Gasteiger partial charge is 0.338 e. The zero-order chi connectivity index (χ0) is 21.9. The molecule has 1 fully saturated rings. The molecule has 1 N–H and O–H groups in total. The Morgan fingerprint density at radius 3 is 2.30 bits per heavy atom. The monoisotopic (exact) mass is 430 g/mol. The van der Waals surface area contributed by atoms with Crippen molar-refractivity contribution in [3.05, 3.63) is 65.7 Å². The third-order valence-electron chi connectivity index (χ3n) is 4.77. The van der Waals surface area contributed by atoms with Crippen LogP contribution in [0.15, 0.2) is 59.5 Å². The van der Waals surface area contributed by atoms with Crippen molar-refractivity contribution in [1.82, 2.24) is 0 Å². The highest BCUT2D eigenvalue weighted by atomic mass is 32.2. The molecule has 0 unspecified atom stereocenters. The van der Waals surface area contributed by atoms with Gasteiger partial charge in [-0.25, -0.2) is 4.79 Å². The molecule has 5 atom stereocenters. The van der Waals surface area contributed by atoms with Crippen molar-refractivity contribution in [1.29, 1.82) is 0 Å². The average molecular weight is 431 g/mol. The molecule has 162 valence electrons. The van der Waals surface area contributed by atoms with E-state index in [-0.39, 0.29) is 0 Å². The van der Waals surface area contributed by atoms with Crippen LogP contribution in [0, 0.1) is 6.92 Å². The summed E-state index contributed by atoms with van der Waals surface area (Å²) < 4.78 is 17.9. The van der Waals surface area contributed by atoms with Gasteiger partial charge in [-0.3, -0.25) is 0 Å². The molecule has 5 nitrogen and oxygen atoms in total. The number of aliphatic hydroxyl groups excluding tert-OH is 1. The molecular weight excluding hydrogens is 400 g/mol. The van der Waals surface area contributed by atoms with Gasteiger partial charge in [-0.05, 0) is 58.9 Å². The van der Waals surface area contributed by atoms with Crippen LogP contribution >= 0.6 is 11.8 Å². The second-order valence-corrected chi connectivity index (χ2v) is 9.81. The van der Waals surface area contributed by atoms with E-state index in [0.717, 1.165) is 10.5 Å². The summed E-state index contributed by atoms with van der Waals surface area (Å²) in [5.74, 6) is -0.482. The number of aryl methyl sites for hydroxylation is 1. The van der Waals surface area contributed by atoms with Gasteiger partial charge in [-0.15, -0.1) is 11.8 Å². The lowest BCUT2D eigenvalue weighted by Gasteiger charge is -2.44. The fourth-order valence-electron chi connectivity index (χ4n) is 3.27. The fraction of sp³-hybridized carbons (Fsp3) is 0.458. The van der Waals surface area contributed by atoms with Gasteiger partial charge in [-0.1, -0.05) is 35.9 Å². The van der Waals surface area contributed by atoms with Gasteiger partial charge < -0.3 is 19.3 Å². The summed E-state index contributed by atoms with van der Waals surface area (Å²) in [5, 5.41) is 10.8. The first-order valence-corrected chi connectivity index (χ1v) is 11.0. The number of carbonyl (C=O) groups is 1. The molecule has 1 aliphatic heterocycles. The molecule has 2 aromatic carbocycles. The Hall–Kier alpha value is -1.86. The van der Waals surface area contributed by atoms with E-state index in [4.69, 9.17) is 14.2 Å². The molecule has 3 rings (SSSR count). The minimum Gasteiger partial charge on any atom is -0.453 e. The second kappa shape index (κ2) is 9.52. The highest BCUT2D eigenvalue weighted by Crippen LogP contribution is 2.38. The Balaban J connectivity index is 1.82. The Labute approximate surface area is 182 Å². The molecule has 0 amide bonds. The first-order valence-electron chi connectivity index (χ1n) is 10.1. The van der Waals surface area contributed by atoms with Crippen molar-refractivity contribution in [2.75, 3.05) is 0 Å². The van der Waals surface area contributed by atoms with Crippen molar-refractivity contribution in [3.8, 4) is 0 Å². The lowest BCUT2D eigenvalue weighted by atomic mass is 10.0. The predicted molar refractivity (Wildman–Crippen MR) is 118 cm³/mol. The van der Waals surface area contributed by atoms with E-state index in [1.165, 1.54) is 11.8 Å². The van der Waals surface area contributed by atoms with Crippen molar-refractivity contribution in [3.63, 3.8) is 0 Å². The summed E-state index contributed by atoms with van der Waals surface area (Å²) >= 11 is 1.47. The molecule has 0 saturated carbocycles.